The molecule has 0 fully saturated rings. The van der Waals surface area contributed by atoms with E-state index in [9.17, 15) is 14.5 Å². The lowest BCUT2D eigenvalue weighted by atomic mass is 10.2. The van der Waals surface area contributed by atoms with Crippen molar-refractivity contribution in [1.82, 2.24) is 0 Å². The summed E-state index contributed by atoms with van der Waals surface area (Å²) in [5, 5.41) is 14.1. The average molecular weight is 281 g/mol. The van der Waals surface area contributed by atoms with Crippen molar-refractivity contribution in [1.29, 1.82) is 0 Å². The molecular weight excluding hydrogens is 271 g/mol. The van der Waals surface area contributed by atoms with Crippen LogP contribution in [0.15, 0.2) is 42.5 Å². The van der Waals surface area contributed by atoms with Gasteiger partial charge < -0.3 is 5.32 Å². The quantitative estimate of drug-likeness (QED) is 0.680. The molecule has 0 aromatic heterocycles. The highest BCUT2D eigenvalue weighted by Gasteiger charge is 2.10. The van der Waals surface area contributed by atoms with Gasteiger partial charge >= 0.3 is 0 Å². The second kappa shape index (κ2) is 5.67. The fraction of sp³-hybridized carbons (Fsp3) is 0.0769. The molecule has 0 aliphatic rings. The summed E-state index contributed by atoms with van der Waals surface area (Å²) in [6.45, 7) is 0.356. The van der Waals surface area contributed by atoms with Crippen molar-refractivity contribution in [2.45, 2.75) is 6.54 Å². The minimum Gasteiger partial charge on any atom is -0.378 e. The summed E-state index contributed by atoms with van der Waals surface area (Å²) >= 11 is 5.75. The van der Waals surface area contributed by atoms with E-state index in [1.807, 2.05) is 0 Å². The first-order valence-electron chi connectivity index (χ1n) is 5.48. The van der Waals surface area contributed by atoms with E-state index in [4.69, 9.17) is 11.6 Å². The minimum absolute atomic E-state index is 0.101. The number of hydrogen-bond acceptors (Lipinski definition) is 3. The first-order chi connectivity index (χ1) is 9.06. The third-order valence-electron chi connectivity index (χ3n) is 2.56. The predicted molar refractivity (Wildman–Crippen MR) is 71.8 cm³/mol. The Hall–Kier alpha value is -2.14. The van der Waals surface area contributed by atoms with Gasteiger partial charge in [-0.3, -0.25) is 10.1 Å². The fourth-order valence-electron chi connectivity index (χ4n) is 1.56. The molecule has 0 heterocycles. The first kappa shape index (κ1) is 13.3. The zero-order valence-corrected chi connectivity index (χ0v) is 10.5. The van der Waals surface area contributed by atoms with Gasteiger partial charge in [-0.1, -0.05) is 23.7 Å². The summed E-state index contributed by atoms with van der Waals surface area (Å²) in [4.78, 5) is 10.1. The van der Waals surface area contributed by atoms with Gasteiger partial charge in [0.05, 0.1) is 10.6 Å². The third-order valence-corrected chi connectivity index (χ3v) is 2.81. The van der Waals surface area contributed by atoms with Crippen molar-refractivity contribution >= 4 is 23.0 Å². The zero-order valence-electron chi connectivity index (χ0n) is 9.77. The minimum atomic E-state index is -0.563. The Labute approximate surface area is 114 Å². The Morgan fingerprint density at radius 1 is 1.21 bits per heavy atom. The van der Waals surface area contributed by atoms with Crippen LogP contribution in [0.3, 0.4) is 0 Å². The van der Waals surface area contributed by atoms with Crippen molar-refractivity contribution in [3.63, 3.8) is 0 Å². The van der Waals surface area contributed by atoms with E-state index in [0.717, 1.165) is 17.7 Å². The molecule has 0 saturated carbocycles. The Bertz CT molecular complexity index is 602. The molecule has 1 N–H and O–H groups in total. The second-order valence-corrected chi connectivity index (χ2v) is 4.34. The number of rotatable bonds is 4. The monoisotopic (exact) mass is 280 g/mol. The fourth-order valence-corrected chi connectivity index (χ4v) is 1.69. The highest BCUT2D eigenvalue weighted by molar-refractivity contribution is 6.30. The summed E-state index contributed by atoms with van der Waals surface area (Å²) in [5.74, 6) is -0.528. The molecule has 0 bridgehead atoms. The van der Waals surface area contributed by atoms with Gasteiger partial charge in [0.15, 0.2) is 0 Å². The summed E-state index contributed by atoms with van der Waals surface area (Å²) in [7, 11) is 0. The first-order valence-corrected chi connectivity index (χ1v) is 5.86. The van der Waals surface area contributed by atoms with Crippen LogP contribution in [0.4, 0.5) is 15.8 Å². The van der Waals surface area contributed by atoms with Gasteiger partial charge in [-0.15, -0.1) is 0 Å². The molecule has 0 saturated heterocycles. The van der Waals surface area contributed by atoms with Gasteiger partial charge in [-0.2, -0.15) is 0 Å². The Balaban J connectivity index is 2.12. The van der Waals surface area contributed by atoms with Crippen LogP contribution in [0.2, 0.25) is 5.02 Å². The van der Waals surface area contributed by atoms with Gasteiger partial charge in [-0.05, 0) is 23.8 Å². The largest absolute Gasteiger partial charge is 0.378 e. The molecule has 0 aliphatic carbocycles. The summed E-state index contributed by atoms with van der Waals surface area (Å²) in [6, 6.07) is 10.4. The van der Waals surface area contributed by atoms with Gasteiger partial charge in [0.25, 0.3) is 5.69 Å². The van der Waals surface area contributed by atoms with E-state index in [1.165, 1.54) is 6.07 Å². The standard InChI is InChI=1S/C13H10ClFN2O2/c14-10-3-1-9(2-4-10)8-16-13-7-11(17(18)19)5-6-12(13)15/h1-7,16H,8H2. The number of halogens is 2. The predicted octanol–water partition coefficient (Wildman–Crippen LogP) is 4.00. The van der Waals surface area contributed by atoms with Crippen molar-refractivity contribution in [3.8, 4) is 0 Å². The van der Waals surface area contributed by atoms with Gasteiger partial charge in [-0.25, -0.2) is 4.39 Å². The number of nitro benzene ring substituents is 1. The number of anilines is 1. The number of nitro groups is 1. The van der Waals surface area contributed by atoms with E-state index in [2.05, 4.69) is 5.32 Å². The molecule has 19 heavy (non-hydrogen) atoms. The molecule has 0 unspecified atom stereocenters. The highest BCUT2D eigenvalue weighted by atomic mass is 35.5. The SMILES string of the molecule is O=[N+]([O-])c1ccc(F)c(NCc2ccc(Cl)cc2)c1. The van der Waals surface area contributed by atoms with Crippen molar-refractivity contribution in [2.24, 2.45) is 0 Å². The third kappa shape index (κ3) is 3.42. The van der Waals surface area contributed by atoms with Crippen molar-refractivity contribution in [3.05, 3.63) is 69.0 Å². The molecule has 0 spiro atoms. The Morgan fingerprint density at radius 3 is 2.53 bits per heavy atom. The van der Waals surface area contributed by atoms with Gasteiger partial charge in [0.2, 0.25) is 0 Å². The van der Waals surface area contributed by atoms with Crippen molar-refractivity contribution in [2.75, 3.05) is 5.32 Å². The van der Waals surface area contributed by atoms with Crippen LogP contribution in [0, 0.1) is 15.9 Å². The molecule has 0 aliphatic heterocycles. The molecule has 2 rings (SSSR count). The van der Waals surface area contributed by atoms with Crippen LogP contribution in [0.1, 0.15) is 5.56 Å². The molecule has 0 atom stereocenters. The number of benzene rings is 2. The smallest absolute Gasteiger partial charge is 0.271 e. The summed E-state index contributed by atoms with van der Waals surface area (Å²) < 4.78 is 13.5. The van der Waals surface area contributed by atoms with E-state index in [0.29, 0.717) is 11.6 Å². The molecule has 4 nitrogen and oxygen atoms in total. The van der Waals surface area contributed by atoms with Crippen LogP contribution in [0.25, 0.3) is 0 Å². The number of nitrogens with one attached hydrogen (secondary N) is 1. The molecule has 98 valence electrons. The Morgan fingerprint density at radius 2 is 1.89 bits per heavy atom. The number of nitrogens with zero attached hydrogens (tertiary/aromatic N) is 1. The van der Waals surface area contributed by atoms with Crippen LogP contribution in [0.5, 0.6) is 0 Å². The zero-order chi connectivity index (χ0) is 13.8. The van der Waals surface area contributed by atoms with Crippen molar-refractivity contribution < 1.29 is 9.31 Å². The lowest BCUT2D eigenvalue weighted by molar-refractivity contribution is -0.384. The molecular formula is C13H10ClFN2O2. The highest BCUT2D eigenvalue weighted by Crippen LogP contribution is 2.22. The molecule has 2 aromatic rings. The number of hydrogen-bond donors (Lipinski definition) is 1. The van der Waals surface area contributed by atoms with Crippen LogP contribution in [-0.2, 0) is 6.54 Å². The maximum absolute atomic E-state index is 13.5. The van der Waals surface area contributed by atoms with E-state index >= 15 is 0 Å². The number of non-ortho nitro benzene ring substituents is 1. The maximum Gasteiger partial charge on any atom is 0.271 e. The normalized spacial score (nSPS) is 10.2. The molecule has 0 radical (unpaired) electrons. The summed E-state index contributed by atoms with van der Waals surface area (Å²) in [5.41, 5.74) is 0.847. The van der Waals surface area contributed by atoms with E-state index in [-0.39, 0.29) is 11.4 Å². The molecule has 2 aromatic carbocycles. The average Bonchev–Trinajstić information content (AvgIpc) is 2.39. The molecule has 6 heteroatoms. The lowest BCUT2D eigenvalue weighted by Crippen LogP contribution is -2.02. The second-order valence-electron chi connectivity index (χ2n) is 3.90. The van der Waals surface area contributed by atoms with Crippen LogP contribution in [-0.4, -0.2) is 4.92 Å². The Kier molecular flexibility index (Phi) is 3.97. The van der Waals surface area contributed by atoms with E-state index < -0.39 is 10.7 Å². The summed E-state index contributed by atoms with van der Waals surface area (Å²) in [6.07, 6.45) is 0. The lowest BCUT2D eigenvalue weighted by Gasteiger charge is -2.07. The maximum atomic E-state index is 13.5. The molecule has 0 amide bonds. The topological polar surface area (TPSA) is 55.2 Å². The van der Waals surface area contributed by atoms with Crippen LogP contribution >= 0.6 is 11.6 Å². The van der Waals surface area contributed by atoms with E-state index in [1.54, 1.807) is 24.3 Å². The van der Waals surface area contributed by atoms with Gasteiger partial charge in [0, 0.05) is 23.7 Å². The van der Waals surface area contributed by atoms with Gasteiger partial charge in [0.1, 0.15) is 5.82 Å². The van der Waals surface area contributed by atoms with Crippen LogP contribution < -0.4 is 5.32 Å².